The van der Waals surface area contributed by atoms with E-state index >= 15 is 0 Å². The first-order chi connectivity index (χ1) is 15.8. The molecule has 1 N–H and O–H groups in total. The fraction of sp³-hybridized carbons (Fsp3) is 0.381. The third kappa shape index (κ3) is 5.30. The molecule has 0 aliphatic carbocycles. The lowest BCUT2D eigenvalue weighted by Crippen LogP contribution is -2.58. The third-order valence-electron chi connectivity index (χ3n) is 5.49. The number of hydrogen-bond acceptors (Lipinski definition) is 7. The maximum absolute atomic E-state index is 13.3. The molecule has 1 aliphatic heterocycles. The number of alkyl halides is 3. The number of carbonyl (C=O) groups is 2. The minimum absolute atomic E-state index is 0.0365. The quantitative estimate of drug-likeness (QED) is 0.598. The summed E-state index contributed by atoms with van der Waals surface area (Å²) in [6, 6.07) is 4.94. The number of ether oxygens (including phenoxy) is 1. The molecule has 3 rings (SSSR count). The molecule has 1 atom stereocenters. The fourth-order valence-electron chi connectivity index (χ4n) is 3.62. The van der Waals surface area contributed by atoms with Gasteiger partial charge in [-0.25, -0.2) is 18.2 Å². The van der Waals surface area contributed by atoms with Gasteiger partial charge in [-0.1, -0.05) is 6.07 Å². The van der Waals surface area contributed by atoms with Crippen LogP contribution in [0, 0.1) is 6.92 Å². The normalized spacial score (nSPS) is 17.4. The number of aryl methyl sites for hydroxylation is 1. The van der Waals surface area contributed by atoms with Gasteiger partial charge in [-0.05, 0) is 42.3 Å². The summed E-state index contributed by atoms with van der Waals surface area (Å²) in [5.74, 6) is -1.82. The standard InChI is InChI=1S/C21H22F3N3O6S/c1-13-3-5-16(9-14(13)10-19(28)29)34(31,32)26-7-8-27(17(12-26)20(30)33-2)18-6-4-15(11-25-18)21(22,23)24/h3-6,9,11,17H,7-8,10,12H2,1-2H3,(H,28,29). The molecular formula is C21H22F3N3O6S. The van der Waals surface area contributed by atoms with Crippen molar-refractivity contribution in [3.8, 4) is 0 Å². The Bertz CT molecular complexity index is 1190. The number of aromatic nitrogens is 1. The maximum atomic E-state index is 13.3. The number of piperazine rings is 1. The molecule has 9 nitrogen and oxygen atoms in total. The van der Waals surface area contributed by atoms with Crippen molar-refractivity contribution in [2.45, 2.75) is 30.5 Å². The molecule has 0 radical (unpaired) electrons. The molecule has 0 amide bonds. The van der Waals surface area contributed by atoms with Crippen molar-refractivity contribution < 1.29 is 41.0 Å². The second-order valence-corrected chi connectivity index (χ2v) is 9.59. The van der Waals surface area contributed by atoms with Crippen LogP contribution in [0.4, 0.5) is 19.0 Å². The number of benzene rings is 1. The molecule has 184 valence electrons. The van der Waals surface area contributed by atoms with Crippen molar-refractivity contribution in [3.63, 3.8) is 0 Å². The Morgan fingerprint density at radius 2 is 1.91 bits per heavy atom. The Balaban J connectivity index is 1.89. The number of hydrogen-bond donors (Lipinski definition) is 1. The first-order valence-electron chi connectivity index (χ1n) is 10.0. The van der Waals surface area contributed by atoms with Gasteiger partial charge in [0.05, 0.1) is 24.0 Å². The molecule has 1 aromatic heterocycles. The van der Waals surface area contributed by atoms with Crippen molar-refractivity contribution in [1.29, 1.82) is 0 Å². The van der Waals surface area contributed by atoms with Gasteiger partial charge >= 0.3 is 18.1 Å². The van der Waals surface area contributed by atoms with Crippen LogP contribution in [0.15, 0.2) is 41.4 Å². The van der Waals surface area contributed by atoms with E-state index < -0.39 is 39.7 Å². The molecular weight excluding hydrogens is 479 g/mol. The number of esters is 1. The molecule has 13 heteroatoms. The van der Waals surface area contributed by atoms with Gasteiger partial charge in [0.15, 0.2) is 0 Å². The number of carboxylic acids is 1. The van der Waals surface area contributed by atoms with Gasteiger partial charge in [-0.2, -0.15) is 17.5 Å². The van der Waals surface area contributed by atoms with Gasteiger partial charge in [0.1, 0.15) is 11.9 Å². The number of carbonyl (C=O) groups excluding carboxylic acids is 1. The molecule has 2 aromatic rings. The Hall–Kier alpha value is -3.19. The zero-order valence-corrected chi connectivity index (χ0v) is 19.1. The van der Waals surface area contributed by atoms with Crippen LogP contribution >= 0.6 is 0 Å². The SMILES string of the molecule is COC(=O)C1CN(S(=O)(=O)c2ccc(C)c(CC(=O)O)c2)CCN1c1ccc(C(F)(F)F)cn1. The highest BCUT2D eigenvalue weighted by molar-refractivity contribution is 7.89. The molecule has 1 unspecified atom stereocenters. The third-order valence-corrected chi connectivity index (χ3v) is 7.35. The van der Waals surface area contributed by atoms with Crippen LogP contribution in [0.1, 0.15) is 16.7 Å². The second kappa shape index (κ2) is 9.58. The average molecular weight is 501 g/mol. The Kier molecular flexibility index (Phi) is 7.17. The number of halogens is 3. The fourth-order valence-corrected chi connectivity index (χ4v) is 5.11. The summed E-state index contributed by atoms with van der Waals surface area (Å²) in [4.78, 5) is 28.6. The smallest absolute Gasteiger partial charge is 0.417 e. The maximum Gasteiger partial charge on any atom is 0.417 e. The number of nitrogens with zero attached hydrogens (tertiary/aromatic N) is 3. The van der Waals surface area contributed by atoms with E-state index in [4.69, 9.17) is 9.84 Å². The monoisotopic (exact) mass is 501 g/mol. The van der Waals surface area contributed by atoms with E-state index in [2.05, 4.69) is 4.98 Å². The minimum Gasteiger partial charge on any atom is -0.481 e. The van der Waals surface area contributed by atoms with Crippen LogP contribution < -0.4 is 4.90 Å². The highest BCUT2D eigenvalue weighted by atomic mass is 32.2. The van der Waals surface area contributed by atoms with Gasteiger partial charge < -0.3 is 14.7 Å². The zero-order valence-electron chi connectivity index (χ0n) is 18.2. The van der Waals surface area contributed by atoms with E-state index in [0.717, 1.165) is 23.5 Å². The van der Waals surface area contributed by atoms with Crippen LogP contribution in [0.5, 0.6) is 0 Å². The van der Waals surface area contributed by atoms with Crippen molar-refractivity contribution >= 4 is 27.8 Å². The van der Waals surface area contributed by atoms with Crippen LogP contribution in [-0.2, 0) is 36.9 Å². The summed E-state index contributed by atoms with van der Waals surface area (Å²) in [6.45, 7) is 1.21. The van der Waals surface area contributed by atoms with Gasteiger partial charge in [0, 0.05) is 25.8 Å². The molecule has 34 heavy (non-hydrogen) atoms. The van der Waals surface area contributed by atoms with Crippen LogP contribution in [0.3, 0.4) is 0 Å². The zero-order chi connectivity index (χ0) is 25.3. The van der Waals surface area contributed by atoms with E-state index in [1.807, 2.05) is 0 Å². The van der Waals surface area contributed by atoms with E-state index in [0.29, 0.717) is 17.3 Å². The minimum atomic E-state index is -4.58. The number of aliphatic carboxylic acids is 1. The van der Waals surface area contributed by atoms with Gasteiger partial charge in [-0.15, -0.1) is 0 Å². The molecule has 1 aliphatic rings. The molecule has 0 spiro atoms. The predicted molar refractivity (Wildman–Crippen MR) is 114 cm³/mol. The number of rotatable bonds is 6. The summed E-state index contributed by atoms with van der Waals surface area (Å²) < 4.78 is 70.9. The van der Waals surface area contributed by atoms with Gasteiger partial charge in [0.25, 0.3) is 0 Å². The lowest BCUT2D eigenvalue weighted by molar-refractivity contribution is -0.143. The van der Waals surface area contributed by atoms with Gasteiger partial charge in [-0.3, -0.25) is 4.79 Å². The molecule has 0 bridgehead atoms. The summed E-state index contributed by atoms with van der Waals surface area (Å²) in [7, 11) is -2.99. The Labute approximate surface area is 193 Å². The summed E-state index contributed by atoms with van der Waals surface area (Å²) >= 11 is 0. The van der Waals surface area contributed by atoms with Crippen LogP contribution in [-0.4, -0.2) is 67.5 Å². The number of methoxy groups -OCH3 is 1. The lowest BCUT2D eigenvalue weighted by atomic mass is 10.1. The molecule has 1 fully saturated rings. The summed E-state index contributed by atoms with van der Waals surface area (Å²) in [5.41, 5.74) is 0.00119. The molecule has 1 saturated heterocycles. The predicted octanol–water partition coefficient (Wildman–Crippen LogP) is 2.09. The lowest BCUT2D eigenvalue weighted by Gasteiger charge is -2.39. The Morgan fingerprint density at radius 3 is 2.47 bits per heavy atom. The first kappa shape index (κ1) is 25.4. The van der Waals surface area contributed by atoms with E-state index in [9.17, 15) is 31.2 Å². The van der Waals surface area contributed by atoms with Crippen molar-refractivity contribution in [3.05, 3.63) is 53.2 Å². The highest BCUT2D eigenvalue weighted by Gasteiger charge is 2.39. The second-order valence-electron chi connectivity index (χ2n) is 7.66. The largest absolute Gasteiger partial charge is 0.481 e. The number of sulfonamides is 1. The molecule has 2 heterocycles. The highest BCUT2D eigenvalue weighted by Crippen LogP contribution is 2.31. The first-order valence-corrected chi connectivity index (χ1v) is 11.5. The van der Waals surface area contributed by atoms with E-state index in [1.54, 1.807) is 6.92 Å². The summed E-state index contributed by atoms with van der Waals surface area (Å²) in [5, 5.41) is 9.07. The van der Waals surface area contributed by atoms with Crippen LogP contribution in [0.2, 0.25) is 0 Å². The molecule has 1 aromatic carbocycles. The molecule has 0 saturated carbocycles. The Morgan fingerprint density at radius 1 is 1.21 bits per heavy atom. The van der Waals surface area contributed by atoms with Crippen LogP contribution in [0.25, 0.3) is 0 Å². The van der Waals surface area contributed by atoms with Crippen molar-refractivity contribution in [1.82, 2.24) is 9.29 Å². The number of anilines is 1. The topological polar surface area (TPSA) is 117 Å². The summed E-state index contributed by atoms with van der Waals surface area (Å²) in [6.07, 6.45) is -4.29. The number of pyridine rings is 1. The van der Waals surface area contributed by atoms with Crippen molar-refractivity contribution in [2.75, 3.05) is 31.6 Å². The van der Waals surface area contributed by atoms with Gasteiger partial charge in [0.2, 0.25) is 10.0 Å². The van der Waals surface area contributed by atoms with E-state index in [1.165, 1.54) is 23.1 Å². The average Bonchev–Trinajstić information content (AvgIpc) is 2.78. The number of carboxylic acid groups (broad SMARTS) is 1. The van der Waals surface area contributed by atoms with Crippen molar-refractivity contribution in [2.24, 2.45) is 0 Å². The van der Waals surface area contributed by atoms with E-state index in [-0.39, 0.29) is 36.8 Å².